The molecule has 0 fully saturated rings. The first-order valence-corrected chi connectivity index (χ1v) is 12.2. The number of aliphatic hydroxyl groups is 1. The fourth-order valence-corrected chi connectivity index (χ4v) is 6.00. The topological polar surface area (TPSA) is 63.6 Å². The van der Waals surface area contributed by atoms with E-state index in [0.29, 0.717) is 48.3 Å². The molecular formula is C28H36O4. The highest BCUT2D eigenvalue weighted by Crippen LogP contribution is 2.55. The molecule has 32 heavy (non-hydrogen) atoms. The molecule has 0 radical (unpaired) electrons. The molecule has 1 N–H and O–H groups in total. The number of aryl methyl sites for hydroxylation is 1. The summed E-state index contributed by atoms with van der Waals surface area (Å²) < 4.78 is 6.36. The lowest BCUT2D eigenvalue weighted by atomic mass is 9.63. The number of hydrogen-bond donors (Lipinski definition) is 1. The Bertz CT molecular complexity index is 1020. The molecule has 4 nitrogen and oxygen atoms in total. The summed E-state index contributed by atoms with van der Waals surface area (Å²) in [5, 5.41) is 11.2. The first-order valence-electron chi connectivity index (χ1n) is 12.2. The lowest BCUT2D eigenvalue weighted by Gasteiger charge is -2.43. The van der Waals surface area contributed by atoms with Gasteiger partial charge in [0.25, 0.3) is 0 Å². The summed E-state index contributed by atoms with van der Waals surface area (Å²) >= 11 is 0. The van der Waals surface area contributed by atoms with E-state index in [2.05, 4.69) is 27.7 Å². The van der Waals surface area contributed by atoms with Gasteiger partial charge in [0, 0.05) is 42.4 Å². The molecule has 0 aromatic heterocycles. The summed E-state index contributed by atoms with van der Waals surface area (Å²) in [6, 6.07) is 5.94. The maximum Gasteiger partial charge on any atom is 0.163 e. The summed E-state index contributed by atoms with van der Waals surface area (Å²) in [7, 11) is 0. The third kappa shape index (κ3) is 3.52. The Morgan fingerprint density at radius 1 is 0.875 bits per heavy atom. The van der Waals surface area contributed by atoms with E-state index < -0.39 is 5.92 Å². The Hall–Kier alpha value is -2.36. The first-order chi connectivity index (χ1) is 15.2. The van der Waals surface area contributed by atoms with Crippen LogP contribution in [0.1, 0.15) is 96.1 Å². The smallest absolute Gasteiger partial charge is 0.163 e. The Kier molecular flexibility index (Phi) is 5.85. The number of allylic oxidation sites excluding steroid dienone is 4. The van der Waals surface area contributed by atoms with E-state index in [1.54, 1.807) is 0 Å². The summed E-state index contributed by atoms with van der Waals surface area (Å²) in [5.41, 5.74) is 2.59. The number of fused-ring (bicyclic) bond motifs is 1. The number of benzene rings is 1. The van der Waals surface area contributed by atoms with Crippen molar-refractivity contribution in [2.75, 3.05) is 0 Å². The van der Waals surface area contributed by atoms with Crippen LogP contribution in [0.15, 0.2) is 40.9 Å². The molecule has 0 bridgehead atoms. The number of Topliss-reactive ketones (excluding diaryl/α,β-unsaturated/α-hetero) is 2. The van der Waals surface area contributed by atoms with Gasteiger partial charge in [0.15, 0.2) is 11.6 Å². The number of hydrogen-bond acceptors (Lipinski definition) is 4. The molecule has 1 aliphatic heterocycles. The molecule has 2 aliphatic carbocycles. The molecule has 0 spiro atoms. The fourth-order valence-electron chi connectivity index (χ4n) is 6.00. The molecule has 1 heterocycles. The van der Waals surface area contributed by atoms with Crippen molar-refractivity contribution >= 4 is 11.6 Å². The molecule has 172 valence electrons. The van der Waals surface area contributed by atoms with Crippen LogP contribution in [-0.2, 0) is 9.59 Å². The second kappa shape index (κ2) is 8.20. The lowest BCUT2D eigenvalue weighted by Crippen LogP contribution is -2.38. The molecule has 1 unspecified atom stereocenters. The molecule has 0 amide bonds. The fraction of sp³-hybridized carbons (Fsp3) is 0.571. The van der Waals surface area contributed by atoms with E-state index in [1.807, 2.05) is 25.1 Å². The molecule has 3 aliphatic rings. The first kappa shape index (κ1) is 22.8. The van der Waals surface area contributed by atoms with E-state index in [4.69, 9.17) is 4.74 Å². The van der Waals surface area contributed by atoms with Crippen LogP contribution in [-0.4, -0.2) is 16.7 Å². The van der Waals surface area contributed by atoms with Crippen molar-refractivity contribution in [1.29, 1.82) is 0 Å². The number of ketones is 2. The average molecular weight is 437 g/mol. The van der Waals surface area contributed by atoms with Crippen molar-refractivity contribution in [1.82, 2.24) is 0 Å². The van der Waals surface area contributed by atoms with Crippen LogP contribution in [0.25, 0.3) is 0 Å². The van der Waals surface area contributed by atoms with Gasteiger partial charge in [-0.1, -0.05) is 39.8 Å². The van der Waals surface area contributed by atoms with Crippen LogP contribution >= 0.6 is 0 Å². The number of carbonyl (C=O) groups is 2. The molecule has 4 heteroatoms. The minimum atomic E-state index is -0.534. The monoisotopic (exact) mass is 436 g/mol. The van der Waals surface area contributed by atoms with E-state index in [1.165, 1.54) is 0 Å². The van der Waals surface area contributed by atoms with Gasteiger partial charge in [-0.15, -0.1) is 0 Å². The highest BCUT2D eigenvalue weighted by molar-refractivity contribution is 6.06. The highest BCUT2D eigenvalue weighted by atomic mass is 16.5. The van der Waals surface area contributed by atoms with Gasteiger partial charge >= 0.3 is 0 Å². The zero-order valence-corrected chi connectivity index (χ0v) is 20.1. The predicted octanol–water partition coefficient (Wildman–Crippen LogP) is 6.88. The predicted molar refractivity (Wildman–Crippen MR) is 126 cm³/mol. The molecule has 0 saturated heterocycles. The number of rotatable bonds is 5. The molecule has 0 saturated carbocycles. The normalized spacial score (nSPS) is 24.2. The van der Waals surface area contributed by atoms with Gasteiger partial charge in [0.1, 0.15) is 17.3 Å². The van der Waals surface area contributed by atoms with Crippen molar-refractivity contribution in [3.8, 4) is 5.75 Å². The van der Waals surface area contributed by atoms with Gasteiger partial charge in [0.05, 0.1) is 5.92 Å². The average Bonchev–Trinajstić information content (AvgIpc) is 2.77. The van der Waals surface area contributed by atoms with Gasteiger partial charge in [0.2, 0.25) is 0 Å². The van der Waals surface area contributed by atoms with Crippen LogP contribution in [0.2, 0.25) is 0 Å². The minimum Gasteiger partial charge on any atom is -0.512 e. The Morgan fingerprint density at radius 2 is 1.44 bits per heavy atom. The number of carbonyl (C=O) groups excluding carboxylic acids is 2. The Balaban J connectivity index is 1.91. The quantitative estimate of drug-likeness (QED) is 0.547. The van der Waals surface area contributed by atoms with E-state index in [0.717, 1.165) is 36.8 Å². The zero-order valence-electron chi connectivity index (χ0n) is 20.1. The number of ether oxygens (including phenoxy) is 1. The van der Waals surface area contributed by atoms with Crippen LogP contribution in [0.5, 0.6) is 5.75 Å². The molecule has 1 aromatic carbocycles. The van der Waals surface area contributed by atoms with Gasteiger partial charge in [-0.25, -0.2) is 0 Å². The summed E-state index contributed by atoms with van der Waals surface area (Å²) in [5.74, 6) is 1.06. The van der Waals surface area contributed by atoms with Crippen molar-refractivity contribution in [2.45, 2.75) is 91.9 Å². The van der Waals surface area contributed by atoms with Crippen molar-refractivity contribution < 1.29 is 19.4 Å². The zero-order chi connectivity index (χ0) is 23.3. The van der Waals surface area contributed by atoms with Gasteiger partial charge < -0.3 is 9.84 Å². The highest BCUT2D eigenvalue weighted by Gasteiger charge is 2.48. The summed E-state index contributed by atoms with van der Waals surface area (Å²) in [4.78, 5) is 27.1. The SMILES string of the molecule is CCC1(CC)CC(=O)C(C2C3=C(CC(CC)(CC)CC3=O)Oc3cc(C)ccc32)=C(O)C1. The molecule has 4 rings (SSSR count). The largest absolute Gasteiger partial charge is 0.512 e. The molecule has 1 aromatic rings. The summed E-state index contributed by atoms with van der Waals surface area (Å²) in [6.07, 6.45) is 5.58. The molecular weight excluding hydrogens is 400 g/mol. The maximum absolute atomic E-state index is 13.6. The number of aliphatic hydroxyl groups excluding tert-OH is 1. The van der Waals surface area contributed by atoms with Crippen molar-refractivity contribution in [3.05, 3.63) is 52.0 Å². The molecule has 1 atom stereocenters. The second-order valence-electron chi connectivity index (χ2n) is 10.2. The summed E-state index contributed by atoms with van der Waals surface area (Å²) in [6.45, 7) is 10.4. The van der Waals surface area contributed by atoms with E-state index in [9.17, 15) is 14.7 Å². The van der Waals surface area contributed by atoms with Gasteiger partial charge in [-0.05, 0) is 55.1 Å². The minimum absolute atomic E-state index is 0.0293. The third-order valence-electron chi connectivity index (χ3n) is 8.65. The Morgan fingerprint density at radius 3 is 2.00 bits per heavy atom. The standard InChI is InChI=1S/C28H36O4/c1-6-27(7-2)13-19(29)25(20(30)14-27)24-18-11-10-17(5)12-22(18)32-23-16-28(8-3,9-4)15-21(31)26(23)24/h10-12,24,29H,6-9,13-16H2,1-5H3. The van der Waals surface area contributed by atoms with Gasteiger partial charge in [-0.2, -0.15) is 0 Å². The van der Waals surface area contributed by atoms with Gasteiger partial charge in [-0.3, -0.25) is 9.59 Å². The lowest BCUT2D eigenvalue weighted by molar-refractivity contribution is -0.120. The van der Waals surface area contributed by atoms with Crippen LogP contribution < -0.4 is 4.74 Å². The van der Waals surface area contributed by atoms with Crippen LogP contribution in [0.3, 0.4) is 0 Å². The van der Waals surface area contributed by atoms with E-state index >= 15 is 0 Å². The van der Waals surface area contributed by atoms with Crippen molar-refractivity contribution in [2.24, 2.45) is 10.8 Å². The third-order valence-corrected chi connectivity index (χ3v) is 8.65. The van der Waals surface area contributed by atoms with Crippen LogP contribution in [0.4, 0.5) is 0 Å². The maximum atomic E-state index is 13.6. The second-order valence-corrected chi connectivity index (χ2v) is 10.2. The van der Waals surface area contributed by atoms with E-state index in [-0.39, 0.29) is 28.2 Å². The van der Waals surface area contributed by atoms with Crippen molar-refractivity contribution in [3.63, 3.8) is 0 Å². The van der Waals surface area contributed by atoms with Crippen LogP contribution in [0, 0.1) is 17.8 Å². The Labute approximate surface area is 191 Å².